The number of amides is 1. The van der Waals surface area contributed by atoms with E-state index < -0.39 is 0 Å². The number of imidazole rings is 1. The lowest BCUT2D eigenvalue weighted by Gasteiger charge is -2.07. The molecule has 0 aliphatic heterocycles. The summed E-state index contributed by atoms with van der Waals surface area (Å²) in [6, 6.07) is 11.4. The van der Waals surface area contributed by atoms with Crippen LogP contribution in [0.2, 0.25) is 0 Å². The number of fused-ring (bicyclic) bond motifs is 1. The molecule has 5 heteroatoms. The SMILES string of the molecule is CCCOc1ccccc1/C=C/C(=O)Nc1ccc2nc(C)cn2c1. The Morgan fingerprint density at radius 2 is 2.08 bits per heavy atom. The Morgan fingerprint density at radius 3 is 2.92 bits per heavy atom. The lowest BCUT2D eigenvalue weighted by Crippen LogP contribution is -2.08. The summed E-state index contributed by atoms with van der Waals surface area (Å²) in [7, 11) is 0. The third kappa shape index (κ3) is 4.26. The molecule has 0 bridgehead atoms. The number of ether oxygens (including phenoxy) is 1. The minimum atomic E-state index is -0.193. The highest BCUT2D eigenvalue weighted by molar-refractivity contribution is 6.02. The molecule has 0 unspecified atom stereocenters. The van der Waals surface area contributed by atoms with Gasteiger partial charge in [-0.15, -0.1) is 0 Å². The number of rotatable bonds is 6. The molecule has 1 aromatic carbocycles. The minimum absolute atomic E-state index is 0.193. The van der Waals surface area contributed by atoms with Crippen molar-refractivity contribution in [2.75, 3.05) is 11.9 Å². The van der Waals surface area contributed by atoms with Crippen LogP contribution in [0.3, 0.4) is 0 Å². The van der Waals surface area contributed by atoms with Gasteiger partial charge < -0.3 is 14.5 Å². The lowest BCUT2D eigenvalue weighted by atomic mass is 10.2. The third-order valence-electron chi connectivity index (χ3n) is 3.63. The van der Waals surface area contributed by atoms with Crippen molar-refractivity contribution in [1.29, 1.82) is 0 Å². The number of carbonyl (C=O) groups excluding carboxylic acids is 1. The van der Waals surface area contributed by atoms with Gasteiger partial charge >= 0.3 is 0 Å². The van der Waals surface area contributed by atoms with Crippen molar-refractivity contribution in [2.24, 2.45) is 0 Å². The van der Waals surface area contributed by atoms with E-state index in [2.05, 4.69) is 17.2 Å². The van der Waals surface area contributed by atoms with E-state index in [0.29, 0.717) is 6.61 Å². The van der Waals surface area contributed by atoms with Gasteiger partial charge in [-0.25, -0.2) is 4.98 Å². The molecule has 3 aromatic rings. The number of anilines is 1. The van der Waals surface area contributed by atoms with Crippen molar-refractivity contribution in [2.45, 2.75) is 20.3 Å². The average Bonchev–Trinajstić information content (AvgIpc) is 2.98. The molecule has 2 heterocycles. The number of para-hydroxylation sites is 1. The van der Waals surface area contributed by atoms with Gasteiger partial charge in [-0.05, 0) is 37.6 Å². The van der Waals surface area contributed by atoms with Crippen molar-refractivity contribution >= 4 is 23.3 Å². The zero-order valence-electron chi connectivity index (χ0n) is 14.4. The van der Waals surface area contributed by atoms with Gasteiger partial charge in [0.2, 0.25) is 5.91 Å². The molecule has 1 amide bonds. The highest BCUT2D eigenvalue weighted by Crippen LogP contribution is 2.20. The number of nitrogens with one attached hydrogen (secondary N) is 1. The van der Waals surface area contributed by atoms with E-state index in [4.69, 9.17) is 4.74 Å². The van der Waals surface area contributed by atoms with E-state index in [-0.39, 0.29) is 5.91 Å². The highest BCUT2D eigenvalue weighted by Gasteiger charge is 2.03. The number of carbonyl (C=O) groups is 1. The van der Waals surface area contributed by atoms with Gasteiger partial charge in [0.15, 0.2) is 0 Å². The maximum absolute atomic E-state index is 12.2. The molecule has 2 aromatic heterocycles. The van der Waals surface area contributed by atoms with Crippen molar-refractivity contribution in [1.82, 2.24) is 9.38 Å². The maximum Gasteiger partial charge on any atom is 0.248 e. The Morgan fingerprint density at radius 1 is 1.24 bits per heavy atom. The first-order valence-electron chi connectivity index (χ1n) is 8.32. The van der Waals surface area contributed by atoms with Crippen LogP contribution in [0, 0.1) is 6.92 Å². The molecule has 0 aliphatic rings. The molecule has 0 fully saturated rings. The van der Waals surface area contributed by atoms with Crippen LogP contribution < -0.4 is 10.1 Å². The van der Waals surface area contributed by atoms with Gasteiger partial charge in [0, 0.05) is 24.0 Å². The van der Waals surface area contributed by atoms with Gasteiger partial charge in [-0.1, -0.05) is 25.1 Å². The quantitative estimate of drug-likeness (QED) is 0.691. The molecule has 5 nitrogen and oxygen atoms in total. The Balaban J connectivity index is 1.70. The smallest absolute Gasteiger partial charge is 0.248 e. The second-order valence-electron chi connectivity index (χ2n) is 5.77. The summed E-state index contributed by atoms with van der Waals surface area (Å²) in [6.07, 6.45) is 7.98. The zero-order valence-corrected chi connectivity index (χ0v) is 14.4. The van der Waals surface area contributed by atoms with E-state index in [1.165, 1.54) is 6.08 Å². The van der Waals surface area contributed by atoms with Gasteiger partial charge in [-0.2, -0.15) is 0 Å². The molecule has 128 valence electrons. The van der Waals surface area contributed by atoms with E-state index in [1.54, 1.807) is 6.08 Å². The molecule has 0 saturated heterocycles. The minimum Gasteiger partial charge on any atom is -0.493 e. The summed E-state index contributed by atoms with van der Waals surface area (Å²) in [4.78, 5) is 16.6. The standard InChI is InChI=1S/C20H21N3O2/c1-3-12-25-18-7-5-4-6-16(18)8-11-20(24)22-17-9-10-19-21-15(2)13-23(19)14-17/h4-11,13-14H,3,12H2,1-2H3,(H,22,24)/b11-8+. The molecule has 1 N–H and O–H groups in total. The first-order chi connectivity index (χ1) is 12.2. The fourth-order valence-corrected chi connectivity index (χ4v) is 2.50. The van der Waals surface area contributed by atoms with E-state index in [0.717, 1.165) is 34.8 Å². The Labute approximate surface area is 147 Å². The number of aromatic nitrogens is 2. The predicted octanol–water partition coefficient (Wildman–Crippen LogP) is 4.08. The monoisotopic (exact) mass is 335 g/mol. The van der Waals surface area contributed by atoms with E-state index in [1.807, 2.05) is 60.1 Å². The Kier molecular flexibility index (Phi) is 5.14. The van der Waals surface area contributed by atoms with Crippen LogP contribution >= 0.6 is 0 Å². The number of pyridine rings is 1. The topological polar surface area (TPSA) is 55.6 Å². The van der Waals surface area contributed by atoms with Crippen molar-refractivity contribution in [3.05, 3.63) is 66.1 Å². The van der Waals surface area contributed by atoms with Gasteiger partial charge in [-0.3, -0.25) is 4.79 Å². The molecular formula is C20H21N3O2. The molecular weight excluding hydrogens is 314 g/mol. The Bertz CT molecular complexity index is 912. The fraction of sp³-hybridized carbons (Fsp3) is 0.200. The van der Waals surface area contributed by atoms with Gasteiger partial charge in [0.25, 0.3) is 0 Å². The summed E-state index contributed by atoms with van der Waals surface area (Å²) in [5.74, 6) is 0.588. The summed E-state index contributed by atoms with van der Waals surface area (Å²) in [6.45, 7) is 4.65. The van der Waals surface area contributed by atoms with Crippen LogP contribution in [0.1, 0.15) is 24.6 Å². The van der Waals surface area contributed by atoms with Gasteiger partial charge in [0.1, 0.15) is 11.4 Å². The van der Waals surface area contributed by atoms with Crippen LogP contribution in [0.15, 0.2) is 54.9 Å². The third-order valence-corrected chi connectivity index (χ3v) is 3.63. The van der Waals surface area contributed by atoms with Gasteiger partial charge in [0.05, 0.1) is 18.0 Å². The van der Waals surface area contributed by atoms with Crippen molar-refractivity contribution in [3.8, 4) is 5.75 Å². The van der Waals surface area contributed by atoms with Crippen LogP contribution in [-0.4, -0.2) is 21.9 Å². The first kappa shape index (κ1) is 16.8. The highest BCUT2D eigenvalue weighted by atomic mass is 16.5. The maximum atomic E-state index is 12.2. The molecule has 25 heavy (non-hydrogen) atoms. The van der Waals surface area contributed by atoms with Crippen LogP contribution in [0.5, 0.6) is 5.75 Å². The number of benzene rings is 1. The summed E-state index contributed by atoms with van der Waals surface area (Å²) in [5.41, 5.74) is 3.39. The van der Waals surface area contributed by atoms with Crippen molar-refractivity contribution in [3.63, 3.8) is 0 Å². The summed E-state index contributed by atoms with van der Waals surface area (Å²) in [5, 5.41) is 2.86. The number of aryl methyl sites for hydroxylation is 1. The van der Waals surface area contributed by atoms with Crippen molar-refractivity contribution < 1.29 is 9.53 Å². The first-order valence-corrected chi connectivity index (χ1v) is 8.32. The number of nitrogens with zero attached hydrogens (tertiary/aromatic N) is 2. The number of hydrogen-bond acceptors (Lipinski definition) is 3. The summed E-state index contributed by atoms with van der Waals surface area (Å²) < 4.78 is 7.59. The van der Waals surface area contributed by atoms with Crippen LogP contribution in [0.4, 0.5) is 5.69 Å². The zero-order chi connectivity index (χ0) is 17.6. The molecule has 0 radical (unpaired) electrons. The molecule has 0 saturated carbocycles. The molecule has 0 spiro atoms. The van der Waals surface area contributed by atoms with E-state index in [9.17, 15) is 4.79 Å². The fourth-order valence-electron chi connectivity index (χ4n) is 2.50. The summed E-state index contributed by atoms with van der Waals surface area (Å²) >= 11 is 0. The van der Waals surface area contributed by atoms with E-state index >= 15 is 0 Å². The second kappa shape index (κ2) is 7.66. The normalized spacial score (nSPS) is 11.1. The molecule has 0 aliphatic carbocycles. The molecule has 0 atom stereocenters. The lowest BCUT2D eigenvalue weighted by molar-refractivity contribution is -0.111. The van der Waals surface area contributed by atoms with Crippen LogP contribution in [0.25, 0.3) is 11.7 Å². The predicted molar refractivity (Wildman–Crippen MR) is 99.8 cm³/mol. The molecule has 3 rings (SSSR count). The largest absolute Gasteiger partial charge is 0.493 e. The van der Waals surface area contributed by atoms with Crippen LogP contribution in [-0.2, 0) is 4.79 Å². The Hall–Kier alpha value is -3.08. The second-order valence-corrected chi connectivity index (χ2v) is 5.77. The average molecular weight is 335 g/mol. The number of hydrogen-bond donors (Lipinski definition) is 1.